The van der Waals surface area contributed by atoms with Crippen LogP contribution in [0.4, 0.5) is 5.69 Å². The normalized spacial score (nSPS) is 19.0. The second-order valence-electron chi connectivity index (χ2n) is 7.41. The molecule has 3 rings (SSSR count). The third kappa shape index (κ3) is 5.87. The van der Waals surface area contributed by atoms with Crippen LogP contribution in [0.1, 0.15) is 81.0 Å². The van der Waals surface area contributed by atoms with Crippen LogP contribution in [-0.4, -0.2) is 23.5 Å². The van der Waals surface area contributed by atoms with E-state index in [1.54, 1.807) is 6.20 Å². The molecule has 2 N–H and O–H groups in total. The van der Waals surface area contributed by atoms with Crippen molar-refractivity contribution in [3.05, 3.63) is 35.7 Å². The van der Waals surface area contributed by atoms with Gasteiger partial charge in [0, 0.05) is 25.0 Å². The molecule has 136 valence electrons. The number of amides is 1. The molecular formula is C21H31N3O. The fraction of sp³-hybridized carbons (Fsp3) is 0.619. The Morgan fingerprint density at radius 2 is 1.92 bits per heavy atom. The number of allylic oxidation sites excluding steroid dienone is 1. The van der Waals surface area contributed by atoms with Crippen molar-refractivity contribution < 1.29 is 4.79 Å². The van der Waals surface area contributed by atoms with Gasteiger partial charge in [0.15, 0.2) is 0 Å². The van der Waals surface area contributed by atoms with Crippen LogP contribution >= 0.6 is 0 Å². The van der Waals surface area contributed by atoms with Crippen molar-refractivity contribution in [2.24, 2.45) is 0 Å². The van der Waals surface area contributed by atoms with E-state index in [0.717, 1.165) is 12.1 Å². The van der Waals surface area contributed by atoms with Gasteiger partial charge in [-0.05, 0) is 51.0 Å². The second kappa shape index (κ2) is 9.59. The van der Waals surface area contributed by atoms with E-state index in [-0.39, 0.29) is 5.91 Å². The van der Waals surface area contributed by atoms with Crippen molar-refractivity contribution in [1.29, 1.82) is 0 Å². The maximum absolute atomic E-state index is 12.4. The van der Waals surface area contributed by atoms with Crippen LogP contribution in [0.25, 0.3) is 0 Å². The number of carbonyl (C=O) groups excluding carboxylic acids is 1. The van der Waals surface area contributed by atoms with E-state index < -0.39 is 0 Å². The summed E-state index contributed by atoms with van der Waals surface area (Å²) in [5, 5.41) is 6.61. The van der Waals surface area contributed by atoms with Crippen molar-refractivity contribution >= 4 is 11.6 Å². The van der Waals surface area contributed by atoms with Gasteiger partial charge < -0.3 is 10.6 Å². The topological polar surface area (TPSA) is 54.0 Å². The highest BCUT2D eigenvalue weighted by Crippen LogP contribution is 2.21. The Kier molecular flexibility index (Phi) is 6.89. The molecule has 1 heterocycles. The monoisotopic (exact) mass is 341 g/mol. The first kappa shape index (κ1) is 18.0. The summed E-state index contributed by atoms with van der Waals surface area (Å²) in [6.07, 6.45) is 19.5. The van der Waals surface area contributed by atoms with Crippen molar-refractivity contribution in [2.75, 3.05) is 11.9 Å². The third-order valence-electron chi connectivity index (χ3n) is 5.34. The van der Waals surface area contributed by atoms with Crippen LogP contribution in [0.15, 0.2) is 30.1 Å². The molecule has 0 atom stereocenters. The first-order valence-electron chi connectivity index (χ1n) is 9.99. The number of carbonyl (C=O) groups is 1. The molecule has 0 aromatic carbocycles. The Labute approximate surface area is 151 Å². The molecule has 0 spiro atoms. The number of hydrogen-bond donors (Lipinski definition) is 2. The first-order valence-corrected chi connectivity index (χ1v) is 9.99. The molecular weight excluding hydrogens is 310 g/mol. The van der Waals surface area contributed by atoms with Gasteiger partial charge >= 0.3 is 0 Å². The second-order valence-corrected chi connectivity index (χ2v) is 7.41. The van der Waals surface area contributed by atoms with Crippen LogP contribution in [0, 0.1) is 0 Å². The lowest BCUT2D eigenvalue weighted by Crippen LogP contribution is -2.25. The van der Waals surface area contributed by atoms with Gasteiger partial charge in [-0.2, -0.15) is 0 Å². The predicted octanol–water partition coefficient (Wildman–Crippen LogP) is 4.84. The van der Waals surface area contributed by atoms with Crippen LogP contribution in [0.3, 0.4) is 0 Å². The Morgan fingerprint density at radius 3 is 2.68 bits per heavy atom. The molecule has 1 aromatic rings. The minimum atomic E-state index is -0.0200. The van der Waals surface area contributed by atoms with Crippen LogP contribution in [0.5, 0.6) is 0 Å². The average Bonchev–Trinajstić information content (AvgIpc) is 2.91. The number of nitrogens with zero attached hydrogens (tertiary/aromatic N) is 1. The lowest BCUT2D eigenvalue weighted by atomic mass is 9.97. The standard InChI is InChI=1S/C21H31N3O/c25-21(23-13-12-17-8-4-3-5-9-17)18-14-20(16-22-15-18)24-19-10-6-1-2-7-11-19/h8,14-16,19,24H,1-7,9-13H2,(H,23,25). The molecule has 0 unspecified atom stereocenters. The van der Waals surface area contributed by atoms with Gasteiger partial charge in [0.2, 0.25) is 0 Å². The Balaban J connectivity index is 1.49. The van der Waals surface area contributed by atoms with Crippen LogP contribution in [0.2, 0.25) is 0 Å². The van der Waals surface area contributed by atoms with Crippen LogP contribution < -0.4 is 10.6 Å². The number of rotatable bonds is 6. The summed E-state index contributed by atoms with van der Waals surface area (Å²) in [5.74, 6) is -0.0200. The molecule has 0 aliphatic heterocycles. The average molecular weight is 341 g/mol. The highest BCUT2D eigenvalue weighted by molar-refractivity contribution is 5.94. The van der Waals surface area contributed by atoms with E-state index in [1.165, 1.54) is 69.8 Å². The molecule has 1 fully saturated rings. The number of aromatic nitrogens is 1. The van der Waals surface area contributed by atoms with Crippen molar-refractivity contribution in [2.45, 2.75) is 76.7 Å². The summed E-state index contributed by atoms with van der Waals surface area (Å²) in [7, 11) is 0. The van der Waals surface area contributed by atoms with E-state index in [1.807, 2.05) is 12.3 Å². The molecule has 1 saturated carbocycles. The minimum Gasteiger partial charge on any atom is -0.381 e. The maximum atomic E-state index is 12.4. The zero-order valence-corrected chi connectivity index (χ0v) is 15.2. The molecule has 2 aliphatic carbocycles. The summed E-state index contributed by atoms with van der Waals surface area (Å²) < 4.78 is 0. The van der Waals surface area contributed by atoms with E-state index in [9.17, 15) is 4.79 Å². The molecule has 4 heteroatoms. The van der Waals surface area contributed by atoms with Gasteiger partial charge in [0.25, 0.3) is 5.91 Å². The number of pyridine rings is 1. The minimum absolute atomic E-state index is 0.0200. The van der Waals surface area contributed by atoms with E-state index >= 15 is 0 Å². The number of hydrogen-bond acceptors (Lipinski definition) is 3. The molecule has 2 aliphatic rings. The zero-order chi connectivity index (χ0) is 17.3. The van der Waals surface area contributed by atoms with Crippen molar-refractivity contribution in [1.82, 2.24) is 10.3 Å². The first-order chi connectivity index (χ1) is 12.3. The lowest BCUT2D eigenvalue weighted by Gasteiger charge is -2.18. The number of nitrogens with one attached hydrogen (secondary N) is 2. The lowest BCUT2D eigenvalue weighted by molar-refractivity contribution is 0.0953. The zero-order valence-electron chi connectivity index (χ0n) is 15.2. The largest absolute Gasteiger partial charge is 0.381 e. The van der Waals surface area contributed by atoms with E-state index in [2.05, 4.69) is 21.7 Å². The van der Waals surface area contributed by atoms with Gasteiger partial charge in [-0.25, -0.2) is 0 Å². The maximum Gasteiger partial charge on any atom is 0.252 e. The smallest absolute Gasteiger partial charge is 0.252 e. The van der Waals surface area contributed by atoms with Crippen molar-refractivity contribution in [3.63, 3.8) is 0 Å². The molecule has 25 heavy (non-hydrogen) atoms. The van der Waals surface area contributed by atoms with Gasteiger partial charge in [-0.15, -0.1) is 0 Å². The highest BCUT2D eigenvalue weighted by atomic mass is 16.1. The summed E-state index contributed by atoms with van der Waals surface area (Å²) in [6, 6.07) is 2.45. The molecule has 0 radical (unpaired) electrons. The van der Waals surface area contributed by atoms with Gasteiger partial charge in [0.1, 0.15) is 0 Å². The van der Waals surface area contributed by atoms with Crippen LogP contribution in [-0.2, 0) is 0 Å². The quantitative estimate of drug-likeness (QED) is 0.575. The Morgan fingerprint density at radius 1 is 1.08 bits per heavy atom. The molecule has 0 bridgehead atoms. The summed E-state index contributed by atoms with van der Waals surface area (Å²) in [5.41, 5.74) is 3.11. The molecule has 1 aromatic heterocycles. The highest BCUT2D eigenvalue weighted by Gasteiger charge is 2.13. The summed E-state index contributed by atoms with van der Waals surface area (Å²) >= 11 is 0. The summed E-state index contributed by atoms with van der Waals surface area (Å²) in [6.45, 7) is 0.713. The number of anilines is 1. The van der Waals surface area contributed by atoms with Gasteiger partial charge in [-0.3, -0.25) is 9.78 Å². The molecule has 0 saturated heterocycles. The van der Waals surface area contributed by atoms with Crippen molar-refractivity contribution in [3.8, 4) is 0 Å². The van der Waals surface area contributed by atoms with E-state index in [4.69, 9.17) is 0 Å². The molecule has 4 nitrogen and oxygen atoms in total. The van der Waals surface area contributed by atoms with E-state index in [0.29, 0.717) is 18.2 Å². The Hall–Kier alpha value is -1.84. The predicted molar refractivity (Wildman–Crippen MR) is 103 cm³/mol. The molecule has 1 amide bonds. The Bertz CT molecular complexity index is 589. The SMILES string of the molecule is O=C(NCCC1=CCCCC1)c1cncc(NC2CCCCCC2)c1. The third-order valence-corrected chi connectivity index (χ3v) is 5.34. The summed E-state index contributed by atoms with van der Waals surface area (Å²) in [4.78, 5) is 16.6. The fourth-order valence-corrected chi connectivity index (χ4v) is 3.87. The fourth-order valence-electron chi connectivity index (χ4n) is 3.87. The van der Waals surface area contributed by atoms with Gasteiger partial charge in [0.05, 0.1) is 11.3 Å². The van der Waals surface area contributed by atoms with Gasteiger partial charge in [-0.1, -0.05) is 37.3 Å².